The largest absolute Gasteiger partial charge is 0.469 e. The van der Waals surface area contributed by atoms with E-state index in [9.17, 15) is 9.90 Å². The number of esters is 1. The molecule has 0 amide bonds. The van der Waals surface area contributed by atoms with Gasteiger partial charge in [-0.1, -0.05) is 28.4 Å². The molecule has 0 aromatic carbocycles. The fourth-order valence-electron chi connectivity index (χ4n) is 1.63. The van der Waals surface area contributed by atoms with Gasteiger partial charge in [0.2, 0.25) is 0 Å². The molecule has 0 aliphatic carbocycles. The molecule has 2 unspecified atom stereocenters. The molecule has 1 N–H and O–H groups in total. The Morgan fingerprint density at radius 3 is 2.94 bits per heavy atom. The minimum atomic E-state index is -0.572. The van der Waals surface area contributed by atoms with Crippen LogP contribution in [0.2, 0.25) is 0 Å². The summed E-state index contributed by atoms with van der Waals surface area (Å²) in [6.45, 7) is 0. The van der Waals surface area contributed by atoms with Gasteiger partial charge >= 0.3 is 5.97 Å². The van der Waals surface area contributed by atoms with Gasteiger partial charge in [0.05, 0.1) is 13.2 Å². The zero-order valence-corrected chi connectivity index (χ0v) is 12.0. The maximum Gasteiger partial charge on any atom is 0.305 e. The highest BCUT2D eigenvalue weighted by Crippen LogP contribution is 2.26. The molecule has 5 heteroatoms. The van der Waals surface area contributed by atoms with E-state index in [1.807, 2.05) is 6.07 Å². The minimum absolute atomic E-state index is 0.0284. The van der Waals surface area contributed by atoms with Crippen LogP contribution >= 0.6 is 15.9 Å². The molecule has 0 saturated heterocycles. The maximum absolute atomic E-state index is 10.9. The van der Waals surface area contributed by atoms with Gasteiger partial charge in [0.25, 0.3) is 0 Å². The van der Waals surface area contributed by atoms with Crippen LogP contribution in [0.4, 0.5) is 0 Å². The van der Waals surface area contributed by atoms with Crippen LogP contribution in [0.5, 0.6) is 0 Å². The molecule has 1 aromatic rings. The molecular formula is C13H18BrNO3. The van der Waals surface area contributed by atoms with Crippen LogP contribution < -0.4 is 0 Å². The molecule has 18 heavy (non-hydrogen) atoms. The zero-order chi connectivity index (χ0) is 13.4. The van der Waals surface area contributed by atoms with E-state index in [1.54, 1.807) is 18.5 Å². The number of hydrogen-bond donors (Lipinski definition) is 1. The SMILES string of the molecule is COC(=O)CCCCC(Br)C(O)c1cccnc1. The van der Waals surface area contributed by atoms with Gasteiger partial charge in [-0.2, -0.15) is 0 Å². The van der Waals surface area contributed by atoms with Gasteiger partial charge in [-0.05, 0) is 24.5 Å². The molecule has 0 saturated carbocycles. The number of aromatic nitrogens is 1. The Balaban J connectivity index is 2.28. The van der Waals surface area contributed by atoms with Gasteiger partial charge in [0, 0.05) is 23.6 Å². The number of halogens is 1. The van der Waals surface area contributed by atoms with Gasteiger partial charge in [0.1, 0.15) is 0 Å². The average molecular weight is 316 g/mol. The van der Waals surface area contributed by atoms with Crippen molar-refractivity contribution in [3.63, 3.8) is 0 Å². The second-order valence-corrected chi connectivity index (χ2v) is 5.25. The number of methoxy groups -OCH3 is 1. The number of hydrogen-bond acceptors (Lipinski definition) is 4. The number of carbonyl (C=O) groups excluding carboxylic acids is 1. The van der Waals surface area contributed by atoms with E-state index in [-0.39, 0.29) is 10.8 Å². The smallest absolute Gasteiger partial charge is 0.305 e. The van der Waals surface area contributed by atoms with Crippen molar-refractivity contribution in [3.8, 4) is 0 Å². The first-order chi connectivity index (χ1) is 8.65. The van der Waals surface area contributed by atoms with Crippen LogP contribution in [-0.4, -0.2) is 28.0 Å². The second-order valence-electron chi connectivity index (χ2n) is 4.07. The first-order valence-electron chi connectivity index (χ1n) is 5.94. The number of aliphatic hydroxyl groups excluding tert-OH is 1. The Morgan fingerprint density at radius 2 is 2.33 bits per heavy atom. The van der Waals surface area contributed by atoms with E-state index < -0.39 is 6.10 Å². The summed E-state index contributed by atoms with van der Waals surface area (Å²) in [5.41, 5.74) is 0.798. The average Bonchev–Trinajstić information content (AvgIpc) is 2.43. The Morgan fingerprint density at radius 1 is 1.56 bits per heavy atom. The number of alkyl halides is 1. The van der Waals surface area contributed by atoms with Crippen molar-refractivity contribution in [3.05, 3.63) is 30.1 Å². The van der Waals surface area contributed by atoms with E-state index in [2.05, 4.69) is 25.7 Å². The molecule has 1 rings (SSSR count). The van der Waals surface area contributed by atoms with Crippen molar-refractivity contribution in [2.24, 2.45) is 0 Å². The van der Waals surface area contributed by atoms with E-state index >= 15 is 0 Å². The Hall–Kier alpha value is -0.940. The Bertz CT molecular complexity index is 359. The van der Waals surface area contributed by atoms with E-state index in [0.717, 1.165) is 24.8 Å². The van der Waals surface area contributed by atoms with E-state index in [4.69, 9.17) is 0 Å². The summed E-state index contributed by atoms with van der Waals surface area (Å²) in [7, 11) is 1.39. The lowest BCUT2D eigenvalue weighted by molar-refractivity contribution is -0.140. The molecule has 2 atom stereocenters. The molecule has 0 fully saturated rings. The van der Waals surface area contributed by atoms with Crippen LogP contribution in [0.15, 0.2) is 24.5 Å². The normalized spacial score (nSPS) is 13.9. The summed E-state index contributed by atoms with van der Waals surface area (Å²) < 4.78 is 4.57. The summed E-state index contributed by atoms with van der Waals surface area (Å²) in [4.78, 5) is 14.9. The molecule has 1 aromatic heterocycles. The third kappa shape index (κ3) is 5.14. The predicted octanol–water partition coefficient (Wildman–Crippen LogP) is 2.61. The molecule has 1 heterocycles. The highest BCUT2D eigenvalue weighted by atomic mass is 79.9. The van der Waals surface area contributed by atoms with Crippen LogP contribution in [-0.2, 0) is 9.53 Å². The van der Waals surface area contributed by atoms with Gasteiger partial charge in [0.15, 0.2) is 0 Å². The molecule has 100 valence electrons. The van der Waals surface area contributed by atoms with Crippen molar-refractivity contribution in [1.82, 2.24) is 4.98 Å². The first kappa shape index (κ1) is 15.1. The topological polar surface area (TPSA) is 59.4 Å². The van der Waals surface area contributed by atoms with Crippen molar-refractivity contribution in [2.45, 2.75) is 36.6 Å². The number of pyridine rings is 1. The van der Waals surface area contributed by atoms with E-state index in [0.29, 0.717) is 6.42 Å². The summed E-state index contributed by atoms with van der Waals surface area (Å²) in [6.07, 6.45) is 5.63. The summed E-state index contributed by atoms with van der Waals surface area (Å²) in [5.74, 6) is -0.186. The first-order valence-corrected chi connectivity index (χ1v) is 6.85. The number of carbonyl (C=O) groups is 1. The van der Waals surface area contributed by atoms with Crippen LogP contribution in [0.1, 0.15) is 37.4 Å². The number of unbranched alkanes of at least 4 members (excludes halogenated alkanes) is 1. The van der Waals surface area contributed by atoms with Crippen molar-refractivity contribution >= 4 is 21.9 Å². The number of nitrogens with zero attached hydrogens (tertiary/aromatic N) is 1. The number of rotatable bonds is 7. The monoisotopic (exact) mass is 315 g/mol. The molecule has 4 nitrogen and oxygen atoms in total. The van der Waals surface area contributed by atoms with Gasteiger partial charge in [-0.25, -0.2) is 0 Å². The fraction of sp³-hybridized carbons (Fsp3) is 0.538. The quantitative estimate of drug-likeness (QED) is 0.477. The summed E-state index contributed by atoms with van der Waals surface area (Å²) in [5, 5.41) is 10.1. The van der Waals surface area contributed by atoms with Crippen molar-refractivity contribution < 1.29 is 14.6 Å². The van der Waals surface area contributed by atoms with E-state index in [1.165, 1.54) is 7.11 Å². The second kappa shape index (κ2) is 8.21. The molecule has 0 spiro atoms. The molecular weight excluding hydrogens is 298 g/mol. The lowest BCUT2D eigenvalue weighted by Crippen LogP contribution is -2.12. The standard InChI is InChI=1S/C13H18BrNO3/c1-18-12(16)7-3-2-6-11(14)13(17)10-5-4-8-15-9-10/h4-5,8-9,11,13,17H,2-3,6-7H2,1H3. The van der Waals surface area contributed by atoms with Gasteiger partial charge in [-0.15, -0.1) is 0 Å². The summed E-state index contributed by atoms with van der Waals surface area (Å²) >= 11 is 3.47. The molecule has 0 bridgehead atoms. The lowest BCUT2D eigenvalue weighted by Gasteiger charge is -2.17. The van der Waals surface area contributed by atoms with Crippen LogP contribution in [0, 0.1) is 0 Å². The Labute approximate surface area is 116 Å². The maximum atomic E-state index is 10.9. The highest BCUT2D eigenvalue weighted by molar-refractivity contribution is 9.09. The third-order valence-electron chi connectivity index (χ3n) is 2.71. The van der Waals surface area contributed by atoms with Crippen molar-refractivity contribution in [1.29, 1.82) is 0 Å². The van der Waals surface area contributed by atoms with Crippen molar-refractivity contribution in [2.75, 3.05) is 7.11 Å². The summed E-state index contributed by atoms with van der Waals surface area (Å²) in [6, 6.07) is 3.65. The predicted molar refractivity (Wildman–Crippen MR) is 72.4 cm³/mol. The molecule has 0 radical (unpaired) electrons. The molecule has 0 aliphatic heterocycles. The highest BCUT2D eigenvalue weighted by Gasteiger charge is 2.17. The van der Waals surface area contributed by atoms with Crippen LogP contribution in [0.3, 0.4) is 0 Å². The third-order valence-corrected chi connectivity index (χ3v) is 3.67. The van der Waals surface area contributed by atoms with Gasteiger partial charge in [-0.3, -0.25) is 9.78 Å². The number of ether oxygens (including phenoxy) is 1. The Kier molecular flexibility index (Phi) is 6.90. The fourth-order valence-corrected chi connectivity index (χ4v) is 2.26. The minimum Gasteiger partial charge on any atom is -0.469 e. The molecule has 0 aliphatic rings. The van der Waals surface area contributed by atoms with Gasteiger partial charge < -0.3 is 9.84 Å². The lowest BCUT2D eigenvalue weighted by atomic mass is 10.0. The van der Waals surface area contributed by atoms with Crippen LogP contribution in [0.25, 0.3) is 0 Å². The number of aliphatic hydroxyl groups is 1. The zero-order valence-electron chi connectivity index (χ0n) is 10.4.